The van der Waals surface area contributed by atoms with Crippen LogP contribution in [0.15, 0.2) is 6.07 Å². The van der Waals surface area contributed by atoms with Gasteiger partial charge >= 0.3 is 0 Å². The molecule has 116 valence electrons. The third-order valence-corrected chi connectivity index (χ3v) is 5.99. The fourth-order valence-corrected chi connectivity index (χ4v) is 3.92. The van der Waals surface area contributed by atoms with Crippen molar-refractivity contribution in [3.05, 3.63) is 11.8 Å². The van der Waals surface area contributed by atoms with Crippen molar-refractivity contribution in [2.24, 2.45) is 10.8 Å². The van der Waals surface area contributed by atoms with Crippen LogP contribution in [0.25, 0.3) is 0 Å². The normalized spacial score (nSPS) is 27.1. The van der Waals surface area contributed by atoms with Crippen LogP contribution in [0.1, 0.15) is 45.7 Å². The Labute approximate surface area is 127 Å². The van der Waals surface area contributed by atoms with E-state index in [-0.39, 0.29) is 10.8 Å². The van der Waals surface area contributed by atoms with Gasteiger partial charge in [-0.3, -0.25) is 0 Å². The Hall–Kier alpha value is -1.36. The second-order valence-electron chi connectivity index (χ2n) is 7.61. The van der Waals surface area contributed by atoms with Crippen molar-refractivity contribution >= 4 is 11.8 Å². The molecule has 0 bridgehead atoms. The van der Waals surface area contributed by atoms with E-state index in [4.69, 9.17) is 5.73 Å². The molecule has 1 aliphatic carbocycles. The Kier molecular flexibility index (Phi) is 3.17. The van der Waals surface area contributed by atoms with Gasteiger partial charge in [0.2, 0.25) is 5.95 Å². The van der Waals surface area contributed by atoms with Gasteiger partial charge in [-0.25, -0.2) is 4.98 Å². The maximum absolute atomic E-state index is 5.97. The molecule has 2 aliphatic rings. The monoisotopic (exact) mass is 289 g/mol. The van der Waals surface area contributed by atoms with E-state index >= 15 is 0 Å². The van der Waals surface area contributed by atoms with Crippen LogP contribution in [-0.4, -0.2) is 36.1 Å². The van der Waals surface area contributed by atoms with E-state index in [2.05, 4.69) is 53.9 Å². The predicted molar refractivity (Wildman–Crippen MR) is 86.4 cm³/mol. The number of nitrogens with two attached hydrogens (primary N) is 1. The van der Waals surface area contributed by atoms with Gasteiger partial charge in [0.25, 0.3) is 0 Å². The summed E-state index contributed by atoms with van der Waals surface area (Å²) in [5.41, 5.74) is 7.60. The van der Waals surface area contributed by atoms with Crippen molar-refractivity contribution in [3.63, 3.8) is 0 Å². The molecule has 0 amide bonds. The summed E-state index contributed by atoms with van der Waals surface area (Å²) in [5, 5.41) is 3.34. The van der Waals surface area contributed by atoms with Crippen LogP contribution in [-0.2, 0) is 0 Å². The van der Waals surface area contributed by atoms with Crippen LogP contribution in [0.5, 0.6) is 0 Å². The fraction of sp³-hybridized carbons (Fsp3) is 0.750. The number of rotatable bonds is 3. The minimum Gasteiger partial charge on any atom is -0.368 e. The number of hydrogen-bond acceptors (Lipinski definition) is 5. The number of nitrogen functional groups attached to an aromatic ring is 1. The molecule has 0 aromatic carbocycles. The van der Waals surface area contributed by atoms with Crippen molar-refractivity contribution < 1.29 is 0 Å². The van der Waals surface area contributed by atoms with Crippen molar-refractivity contribution in [1.82, 2.24) is 15.3 Å². The van der Waals surface area contributed by atoms with Crippen LogP contribution >= 0.6 is 0 Å². The van der Waals surface area contributed by atoms with E-state index in [0.717, 1.165) is 31.0 Å². The van der Waals surface area contributed by atoms with Gasteiger partial charge in [-0.15, -0.1) is 0 Å². The quantitative estimate of drug-likeness (QED) is 0.891. The average molecular weight is 289 g/mol. The number of anilines is 2. The van der Waals surface area contributed by atoms with Crippen molar-refractivity contribution in [1.29, 1.82) is 0 Å². The molecule has 0 spiro atoms. The first-order valence-corrected chi connectivity index (χ1v) is 7.84. The highest BCUT2D eigenvalue weighted by atomic mass is 15.2. The summed E-state index contributed by atoms with van der Waals surface area (Å²) in [4.78, 5) is 11.3. The van der Waals surface area contributed by atoms with E-state index in [1.807, 2.05) is 7.05 Å². The topological polar surface area (TPSA) is 67.1 Å². The molecule has 3 N–H and O–H groups in total. The average Bonchev–Trinajstić information content (AvgIpc) is 2.77. The summed E-state index contributed by atoms with van der Waals surface area (Å²) >= 11 is 0. The summed E-state index contributed by atoms with van der Waals surface area (Å²) in [5.74, 6) is 1.83. The minimum atomic E-state index is 0.267. The summed E-state index contributed by atoms with van der Waals surface area (Å²) in [7, 11) is 2.02. The zero-order valence-electron chi connectivity index (χ0n) is 13.8. The third kappa shape index (κ3) is 2.18. The zero-order valence-corrected chi connectivity index (χ0v) is 13.8. The maximum atomic E-state index is 5.97. The number of nitrogens with zero attached hydrogens (tertiary/aromatic N) is 3. The summed E-state index contributed by atoms with van der Waals surface area (Å²) in [6.45, 7) is 11.2. The number of likely N-dealkylation sites (N-methyl/N-ethyl adjacent to an activating group) is 1. The molecule has 1 saturated heterocycles. The van der Waals surface area contributed by atoms with Crippen molar-refractivity contribution in [3.8, 4) is 0 Å². The fourth-order valence-electron chi connectivity index (χ4n) is 3.92. The highest BCUT2D eigenvalue weighted by Gasteiger charge is 2.66. The molecular formula is C16H27N5. The van der Waals surface area contributed by atoms with Crippen molar-refractivity contribution in [2.75, 3.05) is 30.8 Å². The van der Waals surface area contributed by atoms with Gasteiger partial charge in [0.05, 0.1) is 5.69 Å². The molecule has 3 rings (SSSR count). The molecule has 2 heterocycles. The van der Waals surface area contributed by atoms with Gasteiger partial charge in [-0.05, 0) is 24.3 Å². The highest BCUT2D eigenvalue weighted by molar-refractivity contribution is 5.48. The third-order valence-electron chi connectivity index (χ3n) is 5.99. The second kappa shape index (κ2) is 4.57. The van der Waals surface area contributed by atoms with E-state index in [0.29, 0.717) is 17.9 Å². The summed E-state index contributed by atoms with van der Waals surface area (Å²) in [6.07, 6.45) is 1.15. The van der Waals surface area contributed by atoms with Crippen LogP contribution in [0.2, 0.25) is 0 Å². The lowest BCUT2D eigenvalue weighted by Gasteiger charge is -2.18. The molecule has 5 heteroatoms. The first-order chi connectivity index (χ1) is 9.77. The largest absolute Gasteiger partial charge is 0.368 e. The smallest absolute Gasteiger partial charge is 0.222 e. The summed E-state index contributed by atoms with van der Waals surface area (Å²) in [6, 6.07) is 2.69. The molecule has 1 atom stereocenters. The van der Waals surface area contributed by atoms with Gasteiger partial charge < -0.3 is 16.0 Å². The Balaban J connectivity index is 1.88. The lowest BCUT2D eigenvalue weighted by molar-refractivity contribution is 0.457. The second-order valence-corrected chi connectivity index (χ2v) is 7.61. The molecule has 21 heavy (non-hydrogen) atoms. The predicted octanol–water partition coefficient (Wildman–Crippen LogP) is 2.01. The van der Waals surface area contributed by atoms with Gasteiger partial charge in [0, 0.05) is 31.1 Å². The number of aromatic nitrogens is 2. The molecule has 1 aromatic rings. The van der Waals surface area contributed by atoms with Crippen molar-refractivity contribution in [2.45, 2.75) is 46.1 Å². The maximum Gasteiger partial charge on any atom is 0.222 e. The first-order valence-electron chi connectivity index (χ1n) is 7.84. The van der Waals surface area contributed by atoms with Gasteiger partial charge in [-0.2, -0.15) is 4.98 Å². The number of nitrogens with one attached hydrogen (secondary N) is 1. The summed E-state index contributed by atoms with van der Waals surface area (Å²) < 4.78 is 0. The Morgan fingerprint density at radius 3 is 2.43 bits per heavy atom. The zero-order chi connectivity index (χ0) is 15.4. The molecule has 0 unspecified atom stereocenters. The Morgan fingerprint density at radius 1 is 1.24 bits per heavy atom. The van der Waals surface area contributed by atoms with Crippen LogP contribution < -0.4 is 16.0 Å². The molecule has 5 nitrogen and oxygen atoms in total. The van der Waals surface area contributed by atoms with E-state index < -0.39 is 0 Å². The lowest BCUT2D eigenvalue weighted by atomic mass is 10.0. The van der Waals surface area contributed by atoms with Crippen LogP contribution in [0, 0.1) is 10.8 Å². The lowest BCUT2D eigenvalue weighted by Crippen LogP contribution is -2.30. The molecule has 0 radical (unpaired) electrons. The minimum absolute atomic E-state index is 0.267. The molecular weight excluding hydrogens is 262 g/mol. The van der Waals surface area contributed by atoms with Gasteiger partial charge in [-0.1, -0.05) is 27.7 Å². The highest BCUT2D eigenvalue weighted by Crippen LogP contribution is 2.73. The van der Waals surface area contributed by atoms with Crippen LogP contribution in [0.4, 0.5) is 11.8 Å². The molecule has 1 aliphatic heterocycles. The standard InChI is InChI=1S/C16H27N5/c1-15(2)13(16(15,3)4)11-8-12(20-14(17)19-11)21-7-6-10(9-21)18-5/h8,10,13,18H,6-7,9H2,1-5H3,(H2,17,19,20)/t10-/m1/s1. The van der Waals surface area contributed by atoms with E-state index in [9.17, 15) is 0 Å². The Morgan fingerprint density at radius 2 is 1.90 bits per heavy atom. The first kappa shape index (κ1) is 14.6. The van der Waals surface area contributed by atoms with Crippen LogP contribution in [0.3, 0.4) is 0 Å². The Bertz CT molecular complexity index is 538. The van der Waals surface area contributed by atoms with E-state index in [1.165, 1.54) is 0 Å². The molecule has 1 saturated carbocycles. The molecule has 1 aromatic heterocycles. The van der Waals surface area contributed by atoms with E-state index in [1.54, 1.807) is 0 Å². The number of hydrogen-bond donors (Lipinski definition) is 2. The SMILES string of the molecule is CN[C@@H]1CCN(c2cc(C3C(C)(C)C3(C)C)nc(N)n2)C1. The molecule has 2 fully saturated rings. The van der Waals surface area contributed by atoms with Gasteiger partial charge in [0.15, 0.2) is 0 Å². The van der Waals surface area contributed by atoms with Gasteiger partial charge in [0.1, 0.15) is 5.82 Å².